The molecule has 2 aromatic carbocycles. The Morgan fingerprint density at radius 1 is 1.15 bits per heavy atom. The number of nitrogens with two attached hydrogens (primary N) is 1. The summed E-state index contributed by atoms with van der Waals surface area (Å²) in [7, 11) is 0. The van der Waals surface area contributed by atoms with E-state index < -0.39 is 17.7 Å². The van der Waals surface area contributed by atoms with E-state index in [1.165, 1.54) is 11.6 Å². The molecule has 4 heteroatoms. The van der Waals surface area contributed by atoms with E-state index in [9.17, 15) is 8.78 Å². The van der Waals surface area contributed by atoms with Crippen LogP contribution in [0.1, 0.15) is 29.2 Å². The van der Waals surface area contributed by atoms with Gasteiger partial charge < -0.3 is 0 Å². The van der Waals surface area contributed by atoms with Crippen LogP contribution in [0.4, 0.5) is 8.78 Å². The predicted octanol–water partition coefficient (Wildman–Crippen LogP) is 3.41. The summed E-state index contributed by atoms with van der Waals surface area (Å²) in [5.74, 6) is 4.57. The quantitative estimate of drug-likeness (QED) is 0.649. The molecule has 0 aliphatic carbocycles. The van der Waals surface area contributed by atoms with Gasteiger partial charge in [0.2, 0.25) is 0 Å². The molecular formula is C16H18F2N2. The zero-order chi connectivity index (χ0) is 14.5. The van der Waals surface area contributed by atoms with Crippen molar-refractivity contribution in [3.05, 3.63) is 70.8 Å². The molecule has 2 rings (SSSR count). The first-order valence-electron chi connectivity index (χ1n) is 6.57. The van der Waals surface area contributed by atoms with Gasteiger partial charge in [-0.05, 0) is 43.5 Å². The molecule has 0 heterocycles. The molecule has 1 unspecified atom stereocenters. The molecule has 0 bridgehead atoms. The maximum Gasteiger partial charge on any atom is 0.128 e. The molecule has 0 spiro atoms. The van der Waals surface area contributed by atoms with Crippen molar-refractivity contribution in [1.29, 1.82) is 0 Å². The molecule has 0 aromatic heterocycles. The summed E-state index contributed by atoms with van der Waals surface area (Å²) in [4.78, 5) is 0. The lowest BCUT2D eigenvalue weighted by Crippen LogP contribution is -2.29. The second-order valence-electron chi connectivity index (χ2n) is 4.91. The summed E-state index contributed by atoms with van der Waals surface area (Å²) in [6.45, 7) is 2.02. The van der Waals surface area contributed by atoms with Crippen molar-refractivity contribution in [1.82, 2.24) is 5.43 Å². The van der Waals surface area contributed by atoms with Crippen molar-refractivity contribution in [2.45, 2.75) is 25.8 Å². The molecule has 1 atom stereocenters. The van der Waals surface area contributed by atoms with Crippen LogP contribution >= 0.6 is 0 Å². The Morgan fingerprint density at radius 3 is 2.65 bits per heavy atom. The van der Waals surface area contributed by atoms with Crippen molar-refractivity contribution < 1.29 is 8.78 Å². The minimum Gasteiger partial charge on any atom is -0.271 e. The highest BCUT2D eigenvalue weighted by molar-refractivity contribution is 5.25. The fourth-order valence-electron chi connectivity index (χ4n) is 2.29. The second-order valence-corrected chi connectivity index (χ2v) is 4.91. The van der Waals surface area contributed by atoms with Crippen LogP contribution in [-0.4, -0.2) is 0 Å². The molecule has 0 saturated carbocycles. The van der Waals surface area contributed by atoms with Gasteiger partial charge in [0.05, 0.1) is 0 Å². The fourth-order valence-corrected chi connectivity index (χ4v) is 2.29. The number of hydrogen-bond acceptors (Lipinski definition) is 2. The van der Waals surface area contributed by atoms with Gasteiger partial charge in [-0.25, -0.2) is 8.78 Å². The van der Waals surface area contributed by atoms with E-state index in [1.807, 2.05) is 25.1 Å². The van der Waals surface area contributed by atoms with Gasteiger partial charge in [0.15, 0.2) is 0 Å². The third-order valence-electron chi connectivity index (χ3n) is 3.34. The number of hydrazine groups is 1. The smallest absolute Gasteiger partial charge is 0.128 e. The first kappa shape index (κ1) is 14.6. The van der Waals surface area contributed by atoms with E-state index in [0.717, 1.165) is 24.1 Å². The van der Waals surface area contributed by atoms with Gasteiger partial charge >= 0.3 is 0 Å². The summed E-state index contributed by atoms with van der Waals surface area (Å²) in [5, 5.41) is 0. The van der Waals surface area contributed by atoms with Gasteiger partial charge in [0.1, 0.15) is 11.6 Å². The number of hydrogen-bond donors (Lipinski definition) is 2. The highest BCUT2D eigenvalue weighted by Gasteiger charge is 2.15. The molecule has 0 aliphatic rings. The summed E-state index contributed by atoms with van der Waals surface area (Å²) >= 11 is 0. The number of rotatable bonds is 5. The Balaban J connectivity index is 2.11. The van der Waals surface area contributed by atoms with E-state index in [4.69, 9.17) is 5.84 Å². The third-order valence-corrected chi connectivity index (χ3v) is 3.34. The first-order chi connectivity index (χ1) is 9.60. The Kier molecular flexibility index (Phi) is 4.82. The molecule has 106 valence electrons. The van der Waals surface area contributed by atoms with Crippen molar-refractivity contribution in [3.63, 3.8) is 0 Å². The summed E-state index contributed by atoms with van der Waals surface area (Å²) in [6, 6.07) is 11.1. The number of benzene rings is 2. The summed E-state index contributed by atoms with van der Waals surface area (Å²) < 4.78 is 27.0. The normalized spacial score (nSPS) is 12.4. The lowest BCUT2D eigenvalue weighted by molar-refractivity contribution is 0.479. The molecule has 0 amide bonds. The predicted molar refractivity (Wildman–Crippen MR) is 75.9 cm³/mol. The number of nitrogens with one attached hydrogen (secondary N) is 1. The molecule has 0 radical (unpaired) electrons. The van der Waals surface area contributed by atoms with E-state index in [1.54, 1.807) is 0 Å². The lowest BCUT2D eigenvalue weighted by Gasteiger charge is -2.17. The maximum atomic E-state index is 13.7. The highest BCUT2D eigenvalue weighted by atomic mass is 19.1. The van der Waals surface area contributed by atoms with Crippen molar-refractivity contribution in [2.75, 3.05) is 0 Å². The van der Waals surface area contributed by atoms with Crippen LogP contribution in [0.5, 0.6) is 0 Å². The van der Waals surface area contributed by atoms with Gasteiger partial charge in [-0.2, -0.15) is 0 Å². The van der Waals surface area contributed by atoms with Crippen LogP contribution in [0, 0.1) is 18.6 Å². The van der Waals surface area contributed by atoms with Gasteiger partial charge in [-0.15, -0.1) is 0 Å². The number of halogens is 2. The Morgan fingerprint density at radius 2 is 1.95 bits per heavy atom. The zero-order valence-corrected chi connectivity index (χ0v) is 11.4. The fraction of sp³-hybridized carbons (Fsp3) is 0.250. The van der Waals surface area contributed by atoms with E-state index in [0.29, 0.717) is 6.42 Å². The van der Waals surface area contributed by atoms with Crippen LogP contribution in [0.15, 0.2) is 42.5 Å². The second kappa shape index (κ2) is 6.59. The molecule has 2 aromatic rings. The lowest BCUT2D eigenvalue weighted by atomic mass is 9.98. The van der Waals surface area contributed by atoms with E-state index in [2.05, 4.69) is 11.5 Å². The Bertz CT molecular complexity index is 584. The minimum absolute atomic E-state index is 0.264. The molecule has 3 N–H and O–H groups in total. The molecule has 2 nitrogen and oxygen atoms in total. The number of aryl methyl sites for hydroxylation is 2. The highest BCUT2D eigenvalue weighted by Crippen LogP contribution is 2.22. The minimum atomic E-state index is -0.461. The average Bonchev–Trinajstić information content (AvgIpc) is 2.43. The first-order valence-corrected chi connectivity index (χ1v) is 6.57. The molecule has 0 saturated heterocycles. The molecule has 0 fully saturated rings. The summed E-state index contributed by atoms with van der Waals surface area (Å²) in [6.07, 6.45) is 1.34. The van der Waals surface area contributed by atoms with E-state index >= 15 is 0 Å². The standard InChI is InChI=1S/C16H18F2N2/c1-11-3-2-4-12(9-11)5-8-16(20-19)14-10-13(17)6-7-15(14)18/h2-4,6-7,9-10,16,20H,5,8,19H2,1H3. The topological polar surface area (TPSA) is 38.0 Å². The third kappa shape index (κ3) is 3.62. The molecule has 20 heavy (non-hydrogen) atoms. The average molecular weight is 276 g/mol. The van der Waals surface area contributed by atoms with Crippen LogP contribution in [-0.2, 0) is 6.42 Å². The van der Waals surface area contributed by atoms with Crippen LogP contribution in [0.2, 0.25) is 0 Å². The van der Waals surface area contributed by atoms with Gasteiger partial charge in [0.25, 0.3) is 0 Å². The van der Waals surface area contributed by atoms with Crippen molar-refractivity contribution >= 4 is 0 Å². The van der Waals surface area contributed by atoms with Crippen molar-refractivity contribution in [3.8, 4) is 0 Å². The van der Waals surface area contributed by atoms with Crippen LogP contribution in [0.3, 0.4) is 0 Å². The largest absolute Gasteiger partial charge is 0.271 e. The molecule has 0 aliphatic heterocycles. The maximum absolute atomic E-state index is 13.7. The monoisotopic (exact) mass is 276 g/mol. The van der Waals surface area contributed by atoms with Crippen LogP contribution in [0.25, 0.3) is 0 Å². The van der Waals surface area contributed by atoms with Gasteiger partial charge in [-0.1, -0.05) is 29.8 Å². The summed E-state index contributed by atoms with van der Waals surface area (Å²) in [5.41, 5.74) is 5.16. The van der Waals surface area contributed by atoms with Gasteiger partial charge in [-0.3, -0.25) is 11.3 Å². The van der Waals surface area contributed by atoms with Crippen LogP contribution < -0.4 is 11.3 Å². The van der Waals surface area contributed by atoms with E-state index in [-0.39, 0.29) is 5.56 Å². The zero-order valence-electron chi connectivity index (χ0n) is 11.4. The molecular weight excluding hydrogens is 258 g/mol. The Hall–Kier alpha value is -1.78. The Labute approximate surface area is 117 Å². The van der Waals surface area contributed by atoms with Crippen molar-refractivity contribution in [2.24, 2.45) is 5.84 Å². The SMILES string of the molecule is Cc1cccc(CCC(NN)c2cc(F)ccc2F)c1. The van der Waals surface area contributed by atoms with Gasteiger partial charge in [0, 0.05) is 11.6 Å².